The Labute approximate surface area is 127 Å². The van der Waals surface area contributed by atoms with E-state index in [1.165, 1.54) is 22.4 Å². The maximum Gasteiger partial charge on any atom is 0.119 e. The molecule has 1 N–H and O–H groups in total. The van der Waals surface area contributed by atoms with Crippen LogP contribution in [0.2, 0.25) is 0 Å². The minimum Gasteiger partial charge on any atom is -0.494 e. The zero-order valence-corrected chi connectivity index (χ0v) is 13.0. The van der Waals surface area contributed by atoms with Crippen molar-refractivity contribution in [1.82, 2.24) is 0 Å². The second kappa shape index (κ2) is 5.80. The molecule has 0 amide bonds. The highest BCUT2D eigenvalue weighted by molar-refractivity contribution is 5.60. The first kappa shape index (κ1) is 14.0. The van der Waals surface area contributed by atoms with Crippen molar-refractivity contribution in [2.45, 2.75) is 39.2 Å². The van der Waals surface area contributed by atoms with Crippen molar-refractivity contribution in [3.05, 3.63) is 59.2 Å². The maximum absolute atomic E-state index is 5.59. The monoisotopic (exact) mass is 281 g/mol. The van der Waals surface area contributed by atoms with Gasteiger partial charge >= 0.3 is 0 Å². The van der Waals surface area contributed by atoms with Crippen LogP contribution in [-0.4, -0.2) is 6.61 Å². The van der Waals surface area contributed by atoms with Crippen molar-refractivity contribution >= 4 is 5.69 Å². The SMILES string of the molecule is CCOc1ccc2c(c1)CC(c1ccc(C(C)C)cc1)N2. The number of benzene rings is 2. The van der Waals surface area contributed by atoms with Gasteiger partial charge in [-0.05, 0) is 54.2 Å². The van der Waals surface area contributed by atoms with Crippen LogP contribution in [0, 0.1) is 0 Å². The van der Waals surface area contributed by atoms with E-state index >= 15 is 0 Å². The Morgan fingerprint density at radius 2 is 1.90 bits per heavy atom. The quantitative estimate of drug-likeness (QED) is 0.859. The van der Waals surface area contributed by atoms with Gasteiger partial charge in [0, 0.05) is 5.69 Å². The van der Waals surface area contributed by atoms with Gasteiger partial charge in [-0.1, -0.05) is 38.1 Å². The fourth-order valence-electron chi connectivity index (χ4n) is 2.91. The molecule has 1 unspecified atom stereocenters. The van der Waals surface area contributed by atoms with Crippen molar-refractivity contribution < 1.29 is 4.74 Å². The average Bonchev–Trinajstić information content (AvgIpc) is 2.91. The lowest BCUT2D eigenvalue weighted by Gasteiger charge is -2.13. The molecule has 110 valence electrons. The van der Waals surface area contributed by atoms with Gasteiger partial charge < -0.3 is 10.1 Å². The second-order valence-electron chi connectivity index (χ2n) is 5.97. The van der Waals surface area contributed by atoms with Gasteiger partial charge in [-0.15, -0.1) is 0 Å². The summed E-state index contributed by atoms with van der Waals surface area (Å²) in [6.07, 6.45) is 1.03. The molecular weight excluding hydrogens is 258 g/mol. The Morgan fingerprint density at radius 1 is 1.14 bits per heavy atom. The molecule has 0 saturated carbocycles. The molecule has 3 rings (SSSR count). The van der Waals surface area contributed by atoms with Gasteiger partial charge in [-0.3, -0.25) is 0 Å². The van der Waals surface area contributed by atoms with Gasteiger partial charge in [-0.25, -0.2) is 0 Å². The first-order valence-electron chi connectivity index (χ1n) is 7.79. The van der Waals surface area contributed by atoms with Crippen LogP contribution in [0.15, 0.2) is 42.5 Å². The molecule has 21 heavy (non-hydrogen) atoms. The Morgan fingerprint density at radius 3 is 2.57 bits per heavy atom. The van der Waals surface area contributed by atoms with Crippen molar-refractivity contribution in [2.24, 2.45) is 0 Å². The van der Waals surface area contributed by atoms with E-state index in [1.807, 2.05) is 13.0 Å². The molecule has 0 saturated heterocycles. The fourth-order valence-corrected chi connectivity index (χ4v) is 2.91. The van der Waals surface area contributed by atoms with E-state index in [4.69, 9.17) is 4.74 Å². The number of anilines is 1. The third kappa shape index (κ3) is 2.90. The predicted molar refractivity (Wildman–Crippen MR) is 88.2 cm³/mol. The normalized spacial score (nSPS) is 16.7. The molecule has 1 aliphatic heterocycles. The van der Waals surface area contributed by atoms with Crippen LogP contribution in [0.5, 0.6) is 5.75 Å². The number of hydrogen-bond acceptors (Lipinski definition) is 2. The Kier molecular flexibility index (Phi) is 3.87. The lowest BCUT2D eigenvalue weighted by Crippen LogP contribution is -2.05. The third-order valence-corrected chi connectivity index (χ3v) is 4.15. The standard InChI is InChI=1S/C19H23NO/c1-4-21-17-9-10-18-16(11-17)12-19(20-18)15-7-5-14(6-8-15)13(2)3/h5-11,13,19-20H,4,12H2,1-3H3. The van der Waals surface area contributed by atoms with Crippen molar-refractivity contribution in [2.75, 3.05) is 11.9 Å². The average molecular weight is 281 g/mol. The summed E-state index contributed by atoms with van der Waals surface area (Å²) in [5.74, 6) is 1.55. The first-order valence-corrected chi connectivity index (χ1v) is 7.79. The molecule has 2 aromatic rings. The van der Waals surface area contributed by atoms with Gasteiger partial charge in [0.1, 0.15) is 5.75 Å². The summed E-state index contributed by atoms with van der Waals surface area (Å²) < 4.78 is 5.59. The van der Waals surface area contributed by atoms with Crippen molar-refractivity contribution in [3.63, 3.8) is 0 Å². The second-order valence-corrected chi connectivity index (χ2v) is 5.97. The molecule has 2 heteroatoms. The molecule has 0 aliphatic carbocycles. The van der Waals surface area contributed by atoms with Crippen LogP contribution in [-0.2, 0) is 6.42 Å². The Hall–Kier alpha value is -1.96. The molecule has 0 aromatic heterocycles. The predicted octanol–water partition coefficient (Wildman–Crippen LogP) is 4.92. The number of hydrogen-bond donors (Lipinski definition) is 1. The summed E-state index contributed by atoms with van der Waals surface area (Å²) in [6.45, 7) is 7.19. The van der Waals surface area contributed by atoms with Crippen LogP contribution in [0.1, 0.15) is 49.4 Å². The van der Waals surface area contributed by atoms with E-state index in [9.17, 15) is 0 Å². The molecule has 0 spiro atoms. The molecule has 1 atom stereocenters. The molecule has 0 radical (unpaired) electrons. The molecule has 2 nitrogen and oxygen atoms in total. The van der Waals surface area contributed by atoms with Gasteiger partial charge in [0.05, 0.1) is 12.6 Å². The van der Waals surface area contributed by atoms with Crippen LogP contribution in [0.3, 0.4) is 0 Å². The minimum atomic E-state index is 0.373. The van der Waals surface area contributed by atoms with E-state index in [-0.39, 0.29) is 0 Å². The maximum atomic E-state index is 5.59. The largest absolute Gasteiger partial charge is 0.494 e. The highest BCUT2D eigenvalue weighted by atomic mass is 16.5. The number of nitrogens with one attached hydrogen (secondary N) is 1. The van der Waals surface area contributed by atoms with E-state index < -0.39 is 0 Å². The first-order chi connectivity index (χ1) is 10.2. The minimum absolute atomic E-state index is 0.373. The van der Waals surface area contributed by atoms with E-state index in [2.05, 4.69) is 55.6 Å². The Balaban J connectivity index is 1.77. The Bertz CT molecular complexity index is 616. The van der Waals surface area contributed by atoms with E-state index in [0.717, 1.165) is 12.2 Å². The summed E-state index contributed by atoms with van der Waals surface area (Å²) in [5, 5.41) is 3.61. The molecular formula is C19H23NO. The number of ether oxygens (including phenoxy) is 1. The topological polar surface area (TPSA) is 21.3 Å². The molecule has 1 heterocycles. The zero-order valence-electron chi connectivity index (χ0n) is 13.0. The van der Waals surface area contributed by atoms with E-state index in [1.54, 1.807) is 0 Å². The van der Waals surface area contributed by atoms with Crippen LogP contribution >= 0.6 is 0 Å². The highest BCUT2D eigenvalue weighted by Crippen LogP contribution is 2.36. The smallest absolute Gasteiger partial charge is 0.119 e. The summed E-state index contributed by atoms with van der Waals surface area (Å²) in [6, 6.07) is 15.7. The van der Waals surface area contributed by atoms with Crippen LogP contribution in [0.4, 0.5) is 5.69 Å². The van der Waals surface area contributed by atoms with Crippen molar-refractivity contribution in [1.29, 1.82) is 0 Å². The summed E-state index contributed by atoms with van der Waals surface area (Å²) in [5.41, 5.74) is 5.33. The summed E-state index contributed by atoms with van der Waals surface area (Å²) in [7, 11) is 0. The molecule has 2 aromatic carbocycles. The number of rotatable bonds is 4. The van der Waals surface area contributed by atoms with Gasteiger partial charge in [-0.2, -0.15) is 0 Å². The van der Waals surface area contributed by atoms with E-state index in [0.29, 0.717) is 18.6 Å². The van der Waals surface area contributed by atoms with Gasteiger partial charge in [0.25, 0.3) is 0 Å². The number of fused-ring (bicyclic) bond motifs is 1. The molecule has 1 aliphatic rings. The zero-order chi connectivity index (χ0) is 14.8. The third-order valence-electron chi connectivity index (χ3n) is 4.15. The lowest BCUT2D eigenvalue weighted by molar-refractivity contribution is 0.340. The molecule has 0 bridgehead atoms. The lowest BCUT2D eigenvalue weighted by atomic mass is 9.98. The van der Waals surface area contributed by atoms with Crippen molar-refractivity contribution in [3.8, 4) is 5.75 Å². The van der Waals surface area contributed by atoms with Crippen LogP contribution in [0.25, 0.3) is 0 Å². The van der Waals surface area contributed by atoms with Crippen LogP contribution < -0.4 is 10.1 Å². The highest BCUT2D eigenvalue weighted by Gasteiger charge is 2.22. The summed E-state index contributed by atoms with van der Waals surface area (Å²) in [4.78, 5) is 0. The van der Waals surface area contributed by atoms with Gasteiger partial charge in [0.2, 0.25) is 0 Å². The fraction of sp³-hybridized carbons (Fsp3) is 0.368. The van der Waals surface area contributed by atoms with Gasteiger partial charge in [0.15, 0.2) is 0 Å². The summed E-state index contributed by atoms with van der Waals surface area (Å²) >= 11 is 0. The molecule has 0 fully saturated rings.